The number of fused-ring (bicyclic) bond motifs is 1. The molecule has 1 aliphatic rings. The SMILES string of the molecule is Cc1cc(F)ccc1C(=O)C1CNCc2ccccc21. The van der Waals surface area contributed by atoms with Gasteiger partial charge in [0, 0.05) is 18.7 Å². The molecule has 3 rings (SSSR count). The summed E-state index contributed by atoms with van der Waals surface area (Å²) in [4.78, 5) is 12.7. The summed E-state index contributed by atoms with van der Waals surface area (Å²) in [6.45, 7) is 3.20. The van der Waals surface area contributed by atoms with Crippen molar-refractivity contribution in [2.45, 2.75) is 19.4 Å². The van der Waals surface area contributed by atoms with Gasteiger partial charge in [-0.05, 0) is 41.8 Å². The van der Waals surface area contributed by atoms with Gasteiger partial charge in [-0.25, -0.2) is 4.39 Å². The van der Waals surface area contributed by atoms with Gasteiger partial charge >= 0.3 is 0 Å². The van der Waals surface area contributed by atoms with Gasteiger partial charge in [0.1, 0.15) is 5.82 Å². The van der Waals surface area contributed by atoms with E-state index in [1.54, 1.807) is 13.0 Å². The molecule has 0 bridgehead atoms. The highest BCUT2D eigenvalue weighted by atomic mass is 19.1. The molecule has 1 N–H and O–H groups in total. The minimum atomic E-state index is -0.304. The first kappa shape index (κ1) is 13.0. The maximum atomic E-state index is 13.2. The Morgan fingerprint density at radius 1 is 1.25 bits per heavy atom. The number of ketones is 1. The van der Waals surface area contributed by atoms with E-state index in [0.717, 1.165) is 17.7 Å². The zero-order chi connectivity index (χ0) is 14.1. The Hall–Kier alpha value is -2.00. The van der Waals surface area contributed by atoms with Crippen LogP contribution in [0.1, 0.15) is 33.0 Å². The molecular weight excluding hydrogens is 253 g/mol. The number of halogens is 1. The van der Waals surface area contributed by atoms with Crippen molar-refractivity contribution in [1.82, 2.24) is 5.32 Å². The van der Waals surface area contributed by atoms with E-state index in [1.165, 1.54) is 12.1 Å². The third-order valence-electron chi connectivity index (χ3n) is 3.86. The van der Waals surface area contributed by atoms with Crippen LogP contribution in [0.15, 0.2) is 42.5 Å². The van der Waals surface area contributed by atoms with E-state index in [0.29, 0.717) is 17.7 Å². The van der Waals surface area contributed by atoms with Crippen LogP contribution in [0, 0.1) is 12.7 Å². The van der Waals surface area contributed by atoms with E-state index < -0.39 is 0 Å². The van der Waals surface area contributed by atoms with Gasteiger partial charge in [-0.2, -0.15) is 0 Å². The molecule has 0 spiro atoms. The van der Waals surface area contributed by atoms with Crippen LogP contribution in [-0.4, -0.2) is 12.3 Å². The standard InChI is InChI=1S/C17H16FNO/c1-11-8-13(18)6-7-14(11)17(20)16-10-19-9-12-4-2-3-5-15(12)16/h2-8,16,19H,9-10H2,1H3. The van der Waals surface area contributed by atoms with Crippen LogP contribution in [0.25, 0.3) is 0 Å². The Bertz CT molecular complexity index is 666. The maximum Gasteiger partial charge on any atom is 0.171 e. The van der Waals surface area contributed by atoms with Gasteiger partial charge < -0.3 is 5.32 Å². The van der Waals surface area contributed by atoms with Crippen LogP contribution in [0.2, 0.25) is 0 Å². The van der Waals surface area contributed by atoms with E-state index in [9.17, 15) is 9.18 Å². The lowest BCUT2D eigenvalue weighted by atomic mass is 9.84. The second-order valence-electron chi connectivity index (χ2n) is 5.21. The first-order chi connectivity index (χ1) is 9.66. The topological polar surface area (TPSA) is 29.1 Å². The first-order valence-electron chi connectivity index (χ1n) is 6.75. The Balaban J connectivity index is 2.00. The molecule has 102 valence electrons. The number of nitrogens with one attached hydrogen (secondary N) is 1. The molecule has 1 heterocycles. The zero-order valence-electron chi connectivity index (χ0n) is 11.3. The Kier molecular flexibility index (Phi) is 3.36. The van der Waals surface area contributed by atoms with Crippen molar-refractivity contribution in [2.24, 2.45) is 0 Å². The molecule has 0 radical (unpaired) electrons. The van der Waals surface area contributed by atoms with Crippen molar-refractivity contribution in [3.8, 4) is 0 Å². The summed E-state index contributed by atoms with van der Waals surface area (Å²) in [6.07, 6.45) is 0. The fraction of sp³-hybridized carbons (Fsp3) is 0.235. The third-order valence-corrected chi connectivity index (χ3v) is 3.86. The molecule has 0 aliphatic carbocycles. The maximum absolute atomic E-state index is 13.2. The van der Waals surface area contributed by atoms with E-state index in [2.05, 4.69) is 5.32 Å². The molecule has 2 aromatic carbocycles. The van der Waals surface area contributed by atoms with Crippen LogP contribution in [-0.2, 0) is 6.54 Å². The Morgan fingerprint density at radius 2 is 2.05 bits per heavy atom. The largest absolute Gasteiger partial charge is 0.312 e. The number of carbonyl (C=O) groups excluding carboxylic acids is 1. The molecule has 1 atom stereocenters. The van der Waals surface area contributed by atoms with Crippen molar-refractivity contribution in [3.63, 3.8) is 0 Å². The minimum Gasteiger partial charge on any atom is -0.312 e. The minimum absolute atomic E-state index is 0.0575. The molecule has 0 fully saturated rings. The lowest BCUT2D eigenvalue weighted by molar-refractivity contribution is 0.0954. The number of benzene rings is 2. The molecule has 2 nitrogen and oxygen atoms in total. The van der Waals surface area contributed by atoms with Gasteiger partial charge in [-0.3, -0.25) is 4.79 Å². The van der Waals surface area contributed by atoms with E-state index >= 15 is 0 Å². The van der Waals surface area contributed by atoms with Crippen LogP contribution >= 0.6 is 0 Å². The monoisotopic (exact) mass is 269 g/mol. The molecule has 0 amide bonds. The predicted octanol–water partition coefficient (Wildman–Crippen LogP) is 3.20. The highest BCUT2D eigenvalue weighted by Crippen LogP contribution is 2.28. The van der Waals surface area contributed by atoms with Gasteiger partial charge in [-0.1, -0.05) is 24.3 Å². The van der Waals surface area contributed by atoms with Gasteiger partial charge in [-0.15, -0.1) is 0 Å². The average Bonchev–Trinajstić information content (AvgIpc) is 2.46. The van der Waals surface area contributed by atoms with Gasteiger partial charge in [0.15, 0.2) is 5.78 Å². The summed E-state index contributed by atoms with van der Waals surface area (Å²) in [5.41, 5.74) is 3.55. The van der Waals surface area contributed by atoms with Gasteiger partial charge in [0.05, 0.1) is 5.92 Å². The summed E-state index contributed by atoms with van der Waals surface area (Å²) >= 11 is 0. The van der Waals surface area contributed by atoms with Crippen LogP contribution < -0.4 is 5.32 Å². The second-order valence-corrected chi connectivity index (χ2v) is 5.21. The lowest BCUT2D eigenvalue weighted by Gasteiger charge is -2.25. The summed E-state index contributed by atoms with van der Waals surface area (Å²) in [7, 11) is 0. The number of aryl methyl sites for hydroxylation is 1. The fourth-order valence-electron chi connectivity index (χ4n) is 2.82. The number of Topliss-reactive ketones (excluding diaryl/α,β-unsaturated/α-hetero) is 1. The lowest BCUT2D eigenvalue weighted by Crippen LogP contribution is -2.32. The second kappa shape index (κ2) is 5.17. The molecule has 0 aromatic heterocycles. The Labute approximate surface area is 117 Å². The Morgan fingerprint density at radius 3 is 2.85 bits per heavy atom. The average molecular weight is 269 g/mol. The quantitative estimate of drug-likeness (QED) is 0.848. The molecule has 0 saturated carbocycles. The van der Waals surface area contributed by atoms with Crippen LogP contribution in [0.3, 0.4) is 0 Å². The normalized spacial score (nSPS) is 17.6. The number of hydrogen-bond acceptors (Lipinski definition) is 2. The molecule has 2 aromatic rings. The van der Waals surface area contributed by atoms with Crippen molar-refractivity contribution in [1.29, 1.82) is 0 Å². The first-order valence-corrected chi connectivity index (χ1v) is 6.75. The molecule has 1 aliphatic heterocycles. The van der Waals surface area contributed by atoms with E-state index in [-0.39, 0.29) is 17.5 Å². The smallest absolute Gasteiger partial charge is 0.171 e. The third kappa shape index (κ3) is 2.25. The van der Waals surface area contributed by atoms with E-state index in [4.69, 9.17) is 0 Å². The number of hydrogen-bond donors (Lipinski definition) is 1. The molecule has 3 heteroatoms. The summed E-state index contributed by atoms with van der Waals surface area (Å²) in [5.74, 6) is -0.438. The van der Waals surface area contributed by atoms with Crippen molar-refractivity contribution >= 4 is 5.78 Å². The fourth-order valence-corrected chi connectivity index (χ4v) is 2.82. The van der Waals surface area contributed by atoms with Gasteiger partial charge in [0.2, 0.25) is 0 Å². The summed E-state index contributed by atoms with van der Waals surface area (Å²) in [5, 5.41) is 3.28. The van der Waals surface area contributed by atoms with Crippen LogP contribution in [0.4, 0.5) is 4.39 Å². The van der Waals surface area contributed by atoms with Crippen LogP contribution in [0.5, 0.6) is 0 Å². The summed E-state index contributed by atoms with van der Waals surface area (Å²) < 4.78 is 13.2. The highest BCUT2D eigenvalue weighted by Gasteiger charge is 2.27. The highest BCUT2D eigenvalue weighted by molar-refractivity contribution is 6.02. The molecule has 20 heavy (non-hydrogen) atoms. The molecule has 0 saturated heterocycles. The number of rotatable bonds is 2. The van der Waals surface area contributed by atoms with Crippen molar-refractivity contribution in [3.05, 3.63) is 70.5 Å². The molecule has 1 unspecified atom stereocenters. The van der Waals surface area contributed by atoms with Crippen molar-refractivity contribution < 1.29 is 9.18 Å². The van der Waals surface area contributed by atoms with E-state index in [1.807, 2.05) is 24.3 Å². The zero-order valence-corrected chi connectivity index (χ0v) is 11.3. The number of carbonyl (C=O) groups is 1. The van der Waals surface area contributed by atoms with Crippen molar-refractivity contribution in [2.75, 3.05) is 6.54 Å². The molecular formula is C17H16FNO. The predicted molar refractivity (Wildman–Crippen MR) is 76.4 cm³/mol. The summed E-state index contributed by atoms with van der Waals surface area (Å²) in [6, 6.07) is 12.3. The van der Waals surface area contributed by atoms with Gasteiger partial charge in [0.25, 0.3) is 0 Å².